The molecule has 1 aliphatic heterocycles. The van der Waals surface area contributed by atoms with Crippen LogP contribution < -0.4 is 16.0 Å². The van der Waals surface area contributed by atoms with Crippen LogP contribution in [0.2, 0.25) is 0 Å². The molecular formula is C37H35F7N6O7. The van der Waals surface area contributed by atoms with E-state index >= 15 is 4.39 Å². The molecule has 6 N–H and O–H groups in total. The summed E-state index contributed by atoms with van der Waals surface area (Å²) in [7, 11) is 0. The van der Waals surface area contributed by atoms with E-state index in [0.717, 1.165) is 21.9 Å². The number of anilines is 3. The summed E-state index contributed by atoms with van der Waals surface area (Å²) < 4.78 is 87.3. The number of nitrogens with one attached hydrogen (secondary N) is 1. The van der Waals surface area contributed by atoms with Crippen LogP contribution in [0.4, 0.5) is 47.9 Å². The molecule has 20 heteroatoms. The molecule has 5 aromatic rings. The van der Waals surface area contributed by atoms with Crippen LogP contribution in [-0.2, 0) is 32.1 Å². The minimum atomic E-state index is -5.08. The fraction of sp³-hybridized carbons (Fsp3) is 0.270. The molecule has 1 fully saturated rings. The predicted molar refractivity (Wildman–Crippen MR) is 193 cm³/mol. The highest BCUT2D eigenvalue weighted by Crippen LogP contribution is 2.36. The van der Waals surface area contributed by atoms with Crippen molar-refractivity contribution in [3.8, 4) is 11.3 Å². The van der Waals surface area contributed by atoms with Crippen molar-refractivity contribution in [2.24, 2.45) is 0 Å². The van der Waals surface area contributed by atoms with Gasteiger partial charge in [-0.2, -0.15) is 26.3 Å². The van der Waals surface area contributed by atoms with Crippen LogP contribution in [0.5, 0.6) is 0 Å². The quantitative estimate of drug-likeness (QED) is 0.0984. The van der Waals surface area contributed by atoms with Crippen molar-refractivity contribution < 1.29 is 65.2 Å². The van der Waals surface area contributed by atoms with Crippen molar-refractivity contribution in [3.05, 3.63) is 102 Å². The van der Waals surface area contributed by atoms with Gasteiger partial charge in [0.2, 0.25) is 0 Å². The monoisotopic (exact) mass is 808 g/mol. The van der Waals surface area contributed by atoms with Gasteiger partial charge in [-0.15, -0.1) is 0 Å². The number of imidazole rings is 1. The molecule has 0 spiro atoms. The van der Waals surface area contributed by atoms with Crippen LogP contribution in [0.3, 0.4) is 0 Å². The second-order valence-electron chi connectivity index (χ2n) is 12.2. The van der Waals surface area contributed by atoms with Crippen LogP contribution in [0.1, 0.15) is 29.9 Å². The summed E-state index contributed by atoms with van der Waals surface area (Å²) in [6.07, 6.45) is -6.12. The van der Waals surface area contributed by atoms with E-state index in [2.05, 4.69) is 10.3 Å². The summed E-state index contributed by atoms with van der Waals surface area (Å²) in [5.74, 6) is -6.11. The lowest BCUT2D eigenvalue weighted by Crippen LogP contribution is -2.37. The number of carbonyl (C=O) groups is 3. The molecular weight excluding hydrogens is 773 g/mol. The number of hydrogen-bond donors (Lipinski definition) is 5. The molecule has 0 aliphatic carbocycles. The van der Waals surface area contributed by atoms with E-state index < -0.39 is 36.3 Å². The van der Waals surface area contributed by atoms with Crippen molar-refractivity contribution in [1.29, 1.82) is 0 Å². The van der Waals surface area contributed by atoms with Gasteiger partial charge in [0.05, 0.1) is 24.6 Å². The SMILES string of the molecule is CCc1cc(C(Nc2ccc3c(N)nccc3c2)c2nc(-c3ccccc3)cn2CC(=O)O)c(F)c(N2CCOCC2)c1.O=C(O)C(F)(F)F.O=C(O)C(F)(F)F. The van der Waals surface area contributed by atoms with Gasteiger partial charge in [-0.25, -0.2) is 23.9 Å². The summed E-state index contributed by atoms with van der Waals surface area (Å²) in [6, 6.07) is 20.0. The topological polar surface area (TPSA) is 193 Å². The summed E-state index contributed by atoms with van der Waals surface area (Å²) in [5.41, 5.74) is 10.1. The van der Waals surface area contributed by atoms with Crippen molar-refractivity contribution >= 4 is 45.9 Å². The second-order valence-corrected chi connectivity index (χ2v) is 12.2. The maximum absolute atomic E-state index is 16.7. The Morgan fingerprint density at radius 2 is 1.53 bits per heavy atom. The first-order chi connectivity index (χ1) is 26.8. The van der Waals surface area contributed by atoms with E-state index in [1.807, 2.05) is 78.6 Å². The van der Waals surface area contributed by atoms with E-state index in [1.54, 1.807) is 17.0 Å². The molecule has 3 heterocycles. The molecule has 1 unspecified atom stereocenters. The smallest absolute Gasteiger partial charge is 0.480 e. The lowest BCUT2D eigenvalue weighted by Gasteiger charge is -2.31. The average molecular weight is 809 g/mol. The minimum Gasteiger partial charge on any atom is -0.480 e. The van der Waals surface area contributed by atoms with Gasteiger partial charge < -0.3 is 40.6 Å². The fourth-order valence-electron chi connectivity index (χ4n) is 5.56. The first kappa shape index (κ1) is 43.3. The number of aliphatic carboxylic acids is 3. The molecule has 1 aliphatic rings. The predicted octanol–water partition coefficient (Wildman–Crippen LogP) is 6.77. The number of nitrogen functional groups attached to an aromatic ring is 1. The zero-order valence-corrected chi connectivity index (χ0v) is 29.8. The molecule has 6 rings (SSSR count). The van der Waals surface area contributed by atoms with Gasteiger partial charge in [0.1, 0.15) is 24.2 Å². The maximum Gasteiger partial charge on any atom is 0.490 e. The third kappa shape index (κ3) is 11.5. The Balaban J connectivity index is 0.000000440. The second kappa shape index (κ2) is 18.5. The molecule has 2 aromatic heterocycles. The number of benzene rings is 3. The van der Waals surface area contributed by atoms with Gasteiger partial charge in [0.25, 0.3) is 0 Å². The van der Waals surface area contributed by atoms with Gasteiger partial charge in [0, 0.05) is 47.7 Å². The highest BCUT2D eigenvalue weighted by Gasteiger charge is 2.39. The Kier molecular flexibility index (Phi) is 14.0. The van der Waals surface area contributed by atoms with E-state index in [1.165, 1.54) is 0 Å². The minimum absolute atomic E-state index is 0.335. The van der Waals surface area contributed by atoms with Crippen molar-refractivity contribution in [1.82, 2.24) is 14.5 Å². The van der Waals surface area contributed by atoms with Crippen LogP contribution in [-0.4, -0.2) is 86.4 Å². The number of nitrogens with two attached hydrogens (primary N) is 1. The van der Waals surface area contributed by atoms with Gasteiger partial charge in [-0.3, -0.25) is 4.79 Å². The summed E-state index contributed by atoms with van der Waals surface area (Å²) in [5, 5.41) is 29.3. The van der Waals surface area contributed by atoms with Gasteiger partial charge in [0.15, 0.2) is 5.82 Å². The van der Waals surface area contributed by atoms with Crippen molar-refractivity contribution in [2.45, 2.75) is 38.3 Å². The van der Waals surface area contributed by atoms with Crippen LogP contribution in [0.25, 0.3) is 22.0 Å². The summed E-state index contributed by atoms with van der Waals surface area (Å²) in [4.78, 5) is 40.9. The molecule has 0 radical (unpaired) electrons. The molecule has 304 valence electrons. The number of rotatable bonds is 9. The van der Waals surface area contributed by atoms with E-state index in [4.69, 9.17) is 35.3 Å². The number of morpholine rings is 1. The Bertz CT molecular complexity index is 2170. The van der Waals surface area contributed by atoms with Gasteiger partial charge >= 0.3 is 30.3 Å². The third-order valence-electron chi connectivity index (χ3n) is 8.24. The van der Waals surface area contributed by atoms with Crippen LogP contribution >= 0.6 is 0 Å². The highest BCUT2D eigenvalue weighted by atomic mass is 19.4. The largest absolute Gasteiger partial charge is 0.490 e. The molecule has 1 saturated heterocycles. The Hall–Kier alpha value is -6.44. The van der Waals surface area contributed by atoms with E-state index in [-0.39, 0.29) is 12.4 Å². The average Bonchev–Trinajstić information content (AvgIpc) is 3.57. The Labute approximate surface area is 319 Å². The molecule has 57 heavy (non-hydrogen) atoms. The highest BCUT2D eigenvalue weighted by molar-refractivity contribution is 5.93. The third-order valence-corrected chi connectivity index (χ3v) is 8.24. The lowest BCUT2D eigenvalue weighted by atomic mass is 9.98. The number of fused-ring (bicyclic) bond motifs is 1. The number of hydrogen-bond acceptors (Lipinski definition) is 9. The number of carboxylic acid groups (broad SMARTS) is 3. The lowest BCUT2D eigenvalue weighted by molar-refractivity contribution is -0.193. The van der Waals surface area contributed by atoms with Gasteiger partial charge in [-0.05, 0) is 47.7 Å². The molecule has 0 saturated carbocycles. The molecule has 0 bridgehead atoms. The summed E-state index contributed by atoms with van der Waals surface area (Å²) >= 11 is 0. The normalized spacial score (nSPS) is 13.4. The number of carboxylic acids is 3. The fourth-order valence-corrected chi connectivity index (χ4v) is 5.56. The molecule has 1 atom stereocenters. The summed E-state index contributed by atoms with van der Waals surface area (Å²) in [6.45, 7) is 3.89. The molecule has 13 nitrogen and oxygen atoms in total. The maximum atomic E-state index is 16.7. The van der Waals surface area contributed by atoms with Crippen molar-refractivity contribution in [3.63, 3.8) is 0 Å². The number of nitrogens with zero attached hydrogens (tertiary/aromatic N) is 4. The van der Waals surface area contributed by atoms with Crippen LogP contribution in [0.15, 0.2) is 79.1 Å². The zero-order chi connectivity index (χ0) is 42.1. The van der Waals surface area contributed by atoms with E-state index in [0.29, 0.717) is 67.0 Å². The standard InChI is InChI=1S/C33H33FN6O3.2C2HF3O2/c1-2-21-16-26(30(34)28(17-21)39-12-14-43-15-13-39)31(37-24-8-9-25-23(18-24)10-11-36-32(25)35)33-38-27(19-40(33)20-29(41)42)22-6-4-3-5-7-22;2*3-2(4,5)1(6)7/h3-11,16-19,31,37H,2,12-15,20H2,1H3,(H2,35,36)(H,41,42);2*(H,6,7). The molecule has 0 amide bonds. The van der Waals surface area contributed by atoms with Gasteiger partial charge in [-0.1, -0.05) is 43.3 Å². The number of aryl methyl sites for hydroxylation is 1. The number of pyridine rings is 1. The number of alkyl halides is 6. The van der Waals surface area contributed by atoms with E-state index in [9.17, 15) is 36.2 Å². The first-order valence-electron chi connectivity index (χ1n) is 16.8. The number of ether oxygens (including phenoxy) is 1. The number of aromatic nitrogens is 3. The first-order valence-corrected chi connectivity index (χ1v) is 16.8. The number of halogens is 7. The zero-order valence-electron chi connectivity index (χ0n) is 29.8. The Morgan fingerprint density at radius 1 is 0.912 bits per heavy atom. The van der Waals surface area contributed by atoms with Crippen LogP contribution in [0, 0.1) is 5.82 Å². The Morgan fingerprint density at radius 3 is 2.09 bits per heavy atom. The van der Waals surface area contributed by atoms with Crippen molar-refractivity contribution in [2.75, 3.05) is 42.3 Å². The molecule has 3 aromatic carbocycles.